The Morgan fingerprint density at radius 1 is 1.22 bits per heavy atom. The maximum Gasteiger partial charge on any atom is 0.267 e. The Bertz CT molecular complexity index is 813. The Balaban J connectivity index is 1.58. The predicted molar refractivity (Wildman–Crippen MR) is 91.0 cm³/mol. The lowest BCUT2D eigenvalue weighted by Gasteiger charge is -1.95. The third-order valence-electron chi connectivity index (χ3n) is 3.09. The van der Waals surface area contributed by atoms with Gasteiger partial charge in [0.1, 0.15) is 0 Å². The van der Waals surface area contributed by atoms with E-state index >= 15 is 0 Å². The lowest BCUT2D eigenvalue weighted by atomic mass is 10.2. The Hall–Kier alpha value is -2.47. The lowest BCUT2D eigenvalue weighted by Crippen LogP contribution is -1.89. The van der Waals surface area contributed by atoms with Gasteiger partial charge < -0.3 is 9.36 Å². The second-order valence-corrected chi connectivity index (χ2v) is 5.86. The molecule has 0 spiro atoms. The molecule has 0 aliphatic heterocycles. The van der Waals surface area contributed by atoms with Crippen molar-refractivity contribution in [1.29, 1.82) is 0 Å². The van der Waals surface area contributed by atoms with Crippen LogP contribution in [0.15, 0.2) is 62.7 Å². The number of aromatic nitrogens is 2. The number of benzene rings is 2. The van der Waals surface area contributed by atoms with Crippen LogP contribution in [-0.2, 0) is 11.4 Å². The zero-order valence-electron chi connectivity index (χ0n) is 12.4. The van der Waals surface area contributed by atoms with E-state index in [1.807, 2.05) is 55.5 Å². The molecule has 6 heteroatoms. The Morgan fingerprint density at radius 2 is 2.04 bits per heavy atom. The average molecular weight is 372 g/mol. The molecular weight excluding hydrogens is 358 g/mol. The van der Waals surface area contributed by atoms with Gasteiger partial charge in [0.15, 0.2) is 6.61 Å². The van der Waals surface area contributed by atoms with Crippen molar-refractivity contribution in [3.05, 3.63) is 70.0 Å². The first kappa shape index (κ1) is 15.4. The highest BCUT2D eigenvalue weighted by Gasteiger charge is 2.09. The third kappa shape index (κ3) is 4.26. The molecule has 0 bridgehead atoms. The molecule has 0 N–H and O–H groups in total. The van der Waals surface area contributed by atoms with Gasteiger partial charge in [-0.25, -0.2) is 0 Å². The van der Waals surface area contributed by atoms with Gasteiger partial charge in [-0.2, -0.15) is 4.98 Å². The van der Waals surface area contributed by atoms with Crippen molar-refractivity contribution in [1.82, 2.24) is 10.1 Å². The van der Waals surface area contributed by atoms with Crippen LogP contribution >= 0.6 is 15.9 Å². The predicted octanol–water partition coefficient (Wildman–Crippen LogP) is 4.36. The van der Waals surface area contributed by atoms with Crippen LogP contribution in [0.5, 0.6) is 0 Å². The number of oxime groups is 1. The van der Waals surface area contributed by atoms with Crippen molar-refractivity contribution in [2.75, 3.05) is 0 Å². The summed E-state index contributed by atoms with van der Waals surface area (Å²) >= 11 is 3.41. The molecule has 0 aliphatic rings. The third-order valence-corrected chi connectivity index (χ3v) is 3.59. The second-order valence-electron chi connectivity index (χ2n) is 4.94. The van der Waals surface area contributed by atoms with Crippen LogP contribution in [0, 0.1) is 6.92 Å². The summed E-state index contributed by atoms with van der Waals surface area (Å²) in [6, 6.07) is 15.7. The number of halogens is 1. The van der Waals surface area contributed by atoms with E-state index in [0.717, 1.165) is 15.6 Å². The SMILES string of the molecule is Cc1ccc(/C=N\OCc2nc(-c3cccc(Br)c3)no2)cc1. The fourth-order valence-electron chi connectivity index (χ4n) is 1.90. The quantitative estimate of drug-likeness (QED) is 0.493. The number of aryl methyl sites for hydroxylation is 1. The molecular formula is C17H14BrN3O2. The van der Waals surface area contributed by atoms with Gasteiger partial charge >= 0.3 is 0 Å². The summed E-state index contributed by atoms with van der Waals surface area (Å²) in [6.45, 7) is 2.17. The summed E-state index contributed by atoms with van der Waals surface area (Å²) in [5.74, 6) is 0.897. The van der Waals surface area contributed by atoms with Gasteiger partial charge in [-0.05, 0) is 24.6 Å². The molecule has 0 amide bonds. The number of hydrogen-bond acceptors (Lipinski definition) is 5. The molecule has 0 aliphatic carbocycles. The van der Waals surface area contributed by atoms with Crippen molar-refractivity contribution >= 4 is 22.1 Å². The van der Waals surface area contributed by atoms with Crippen molar-refractivity contribution in [3.63, 3.8) is 0 Å². The Labute approximate surface area is 142 Å². The van der Waals surface area contributed by atoms with Crippen molar-refractivity contribution in [2.45, 2.75) is 13.5 Å². The molecule has 3 aromatic rings. The molecule has 2 aromatic carbocycles. The van der Waals surface area contributed by atoms with Crippen molar-refractivity contribution in [3.8, 4) is 11.4 Å². The minimum absolute atomic E-state index is 0.128. The molecule has 116 valence electrons. The fourth-order valence-corrected chi connectivity index (χ4v) is 2.30. The Morgan fingerprint density at radius 3 is 2.83 bits per heavy atom. The number of rotatable bonds is 5. The van der Waals surface area contributed by atoms with Gasteiger partial charge in [0.2, 0.25) is 5.82 Å². The lowest BCUT2D eigenvalue weighted by molar-refractivity contribution is 0.107. The number of nitrogens with zero attached hydrogens (tertiary/aromatic N) is 3. The van der Waals surface area contributed by atoms with E-state index in [1.54, 1.807) is 6.21 Å². The van der Waals surface area contributed by atoms with Crippen LogP contribution in [0.2, 0.25) is 0 Å². The fraction of sp³-hybridized carbons (Fsp3) is 0.118. The molecule has 5 nitrogen and oxygen atoms in total. The monoisotopic (exact) mass is 371 g/mol. The maximum atomic E-state index is 5.19. The Kier molecular flexibility index (Phi) is 4.83. The van der Waals surface area contributed by atoms with Crippen LogP contribution in [0.1, 0.15) is 17.0 Å². The highest BCUT2D eigenvalue weighted by atomic mass is 79.9. The van der Waals surface area contributed by atoms with E-state index in [-0.39, 0.29) is 6.61 Å². The summed E-state index contributed by atoms with van der Waals surface area (Å²) < 4.78 is 6.11. The maximum absolute atomic E-state index is 5.19. The van der Waals surface area contributed by atoms with E-state index < -0.39 is 0 Å². The molecule has 0 atom stereocenters. The van der Waals surface area contributed by atoms with Crippen LogP contribution < -0.4 is 0 Å². The van der Waals surface area contributed by atoms with E-state index in [4.69, 9.17) is 9.36 Å². The van der Waals surface area contributed by atoms with Crippen molar-refractivity contribution in [2.24, 2.45) is 5.16 Å². The summed E-state index contributed by atoms with van der Waals surface area (Å²) in [5, 5.41) is 7.84. The van der Waals surface area contributed by atoms with Gasteiger partial charge in [0, 0.05) is 10.0 Å². The van der Waals surface area contributed by atoms with E-state index in [0.29, 0.717) is 11.7 Å². The largest absolute Gasteiger partial charge is 0.386 e. The molecule has 0 saturated carbocycles. The standard InChI is InChI=1S/C17H14BrN3O2/c1-12-5-7-13(8-6-12)10-19-22-11-16-20-17(21-23-16)14-3-2-4-15(18)9-14/h2-10H,11H2,1H3/b19-10-. The topological polar surface area (TPSA) is 60.5 Å². The molecule has 1 heterocycles. The van der Waals surface area contributed by atoms with Gasteiger partial charge in [-0.1, -0.05) is 68.2 Å². The van der Waals surface area contributed by atoms with Gasteiger partial charge in [0.25, 0.3) is 5.89 Å². The first-order valence-corrected chi connectivity index (χ1v) is 7.80. The minimum Gasteiger partial charge on any atom is -0.386 e. The molecule has 0 saturated heterocycles. The smallest absolute Gasteiger partial charge is 0.267 e. The van der Waals surface area contributed by atoms with Crippen molar-refractivity contribution < 1.29 is 9.36 Å². The molecule has 23 heavy (non-hydrogen) atoms. The van der Waals surface area contributed by atoms with Crippen LogP contribution in [-0.4, -0.2) is 16.4 Å². The van der Waals surface area contributed by atoms with Gasteiger partial charge in [-0.15, -0.1) is 0 Å². The molecule has 0 radical (unpaired) electrons. The van der Waals surface area contributed by atoms with Gasteiger partial charge in [0.05, 0.1) is 6.21 Å². The molecule has 1 aromatic heterocycles. The van der Waals surface area contributed by atoms with Gasteiger partial charge in [-0.3, -0.25) is 0 Å². The van der Waals surface area contributed by atoms with Crippen LogP contribution in [0.3, 0.4) is 0 Å². The second kappa shape index (κ2) is 7.19. The van der Waals surface area contributed by atoms with E-state index in [2.05, 4.69) is 31.2 Å². The molecule has 0 fully saturated rings. The summed E-state index contributed by atoms with van der Waals surface area (Å²) in [7, 11) is 0. The summed E-state index contributed by atoms with van der Waals surface area (Å²) in [5.41, 5.74) is 3.04. The van der Waals surface area contributed by atoms with Crippen LogP contribution in [0.4, 0.5) is 0 Å². The summed E-state index contributed by atoms with van der Waals surface area (Å²) in [6.07, 6.45) is 1.64. The molecule has 0 unspecified atom stereocenters. The number of hydrogen-bond donors (Lipinski definition) is 0. The minimum atomic E-state index is 0.128. The first-order chi connectivity index (χ1) is 11.2. The highest BCUT2D eigenvalue weighted by molar-refractivity contribution is 9.10. The normalized spacial score (nSPS) is 11.0. The molecule has 3 rings (SSSR count). The van der Waals surface area contributed by atoms with Crippen LogP contribution in [0.25, 0.3) is 11.4 Å². The summed E-state index contributed by atoms with van der Waals surface area (Å²) in [4.78, 5) is 9.47. The zero-order valence-corrected chi connectivity index (χ0v) is 14.0. The van der Waals surface area contributed by atoms with E-state index in [1.165, 1.54) is 5.56 Å². The first-order valence-electron chi connectivity index (χ1n) is 7.01. The highest BCUT2D eigenvalue weighted by Crippen LogP contribution is 2.20. The zero-order chi connectivity index (χ0) is 16.1. The average Bonchev–Trinajstić information content (AvgIpc) is 3.02. The van der Waals surface area contributed by atoms with E-state index in [9.17, 15) is 0 Å².